The van der Waals surface area contributed by atoms with Crippen molar-refractivity contribution < 1.29 is 79.4 Å². The summed E-state index contributed by atoms with van der Waals surface area (Å²) >= 11 is 0. The Morgan fingerprint density at radius 2 is 1.00 bits per heavy atom. The van der Waals surface area contributed by atoms with Crippen LogP contribution in [0.1, 0.15) is 31.4 Å². The summed E-state index contributed by atoms with van der Waals surface area (Å²) in [5.74, 6) is -56.0. The van der Waals surface area contributed by atoms with Crippen LogP contribution in [0.15, 0.2) is 18.2 Å². The maximum absolute atomic E-state index is 14.0. The molecule has 0 radical (unpaired) electrons. The number of hydrogen-bond acceptors (Lipinski definition) is 1. The fraction of sp³-hybridized carbons (Fsp3) is 0.700. The number of rotatable bonds is 11. The van der Waals surface area contributed by atoms with Crippen LogP contribution in [0.25, 0.3) is 0 Å². The first-order valence-electron chi connectivity index (χ1n) is 10.0. The number of benzene rings is 1. The van der Waals surface area contributed by atoms with E-state index in [9.17, 15) is 74.6 Å². The van der Waals surface area contributed by atoms with Crippen LogP contribution < -0.4 is 4.74 Å². The number of alkyl halides is 17. The molecule has 0 N–H and O–H groups in total. The Morgan fingerprint density at radius 3 is 1.37 bits per heavy atom. The van der Waals surface area contributed by atoms with Gasteiger partial charge in [-0.25, -0.2) is 0 Å². The topological polar surface area (TPSA) is 9.23 Å². The van der Waals surface area contributed by atoms with Crippen molar-refractivity contribution in [2.75, 3.05) is 0 Å². The zero-order chi connectivity index (χ0) is 30.6. The molecule has 0 aliphatic carbocycles. The highest BCUT2D eigenvalue weighted by molar-refractivity contribution is 5.36. The van der Waals surface area contributed by atoms with E-state index in [-0.39, 0.29) is 16.9 Å². The monoisotopic (exact) mass is 596 g/mol. The molecule has 0 aliphatic rings. The molecule has 1 rings (SSSR count). The van der Waals surface area contributed by atoms with Crippen molar-refractivity contribution in [2.45, 2.75) is 87.4 Å². The molecule has 1 aromatic carbocycles. The lowest BCUT2D eigenvalue weighted by molar-refractivity contribution is -0.461. The van der Waals surface area contributed by atoms with Crippen molar-refractivity contribution in [2.24, 2.45) is 0 Å². The predicted molar refractivity (Wildman–Crippen MR) is 95.9 cm³/mol. The van der Waals surface area contributed by atoms with Gasteiger partial charge in [-0.15, -0.1) is 0 Å². The molecular formula is C20H17F17O. The Hall–Kier alpha value is -2.17. The summed E-state index contributed by atoms with van der Waals surface area (Å²) in [7, 11) is 0. The summed E-state index contributed by atoms with van der Waals surface area (Å²) in [5, 5.41) is 0. The van der Waals surface area contributed by atoms with Crippen LogP contribution in [0, 0.1) is 6.92 Å². The molecule has 0 aliphatic heterocycles. The summed E-state index contributed by atoms with van der Waals surface area (Å²) in [6, 6.07) is 3.07. The number of hydrogen-bond donors (Lipinski definition) is 0. The minimum atomic E-state index is -8.62. The Morgan fingerprint density at radius 1 is 0.605 bits per heavy atom. The molecule has 0 spiro atoms. The van der Waals surface area contributed by atoms with Gasteiger partial charge in [0.1, 0.15) is 5.75 Å². The molecule has 1 aromatic rings. The molecule has 0 fully saturated rings. The fourth-order valence-electron chi connectivity index (χ4n) is 2.91. The van der Waals surface area contributed by atoms with Crippen LogP contribution in [-0.4, -0.2) is 53.7 Å². The highest BCUT2D eigenvalue weighted by atomic mass is 19.4. The Bertz CT molecular complexity index is 978. The summed E-state index contributed by atoms with van der Waals surface area (Å²) in [5.41, 5.74) is -0.138. The van der Waals surface area contributed by atoms with Crippen LogP contribution in [0.3, 0.4) is 0 Å². The molecule has 0 heterocycles. The van der Waals surface area contributed by atoms with E-state index in [1.54, 1.807) is 13.8 Å². The zero-order valence-corrected chi connectivity index (χ0v) is 19.1. The van der Waals surface area contributed by atoms with Gasteiger partial charge >= 0.3 is 47.6 Å². The number of aryl methyl sites for hydroxylation is 2. The quantitative estimate of drug-likeness (QED) is 0.232. The average molecular weight is 596 g/mol. The molecule has 222 valence electrons. The Kier molecular flexibility index (Phi) is 8.72. The van der Waals surface area contributed by atoms with Crippen LogP contribution in [-0.2, 0) is 6.42 Å². The SMILES string of the molecule is Cc1cc(CCC(F)(F)C(F)(F)C(F)(F)C(F)(F)C(F)(F)C(F)(F)C(F)(F)C(F)(F)F)ccc1OC(C)C. The second kappa shape index (κ2) is 9.78. The molecule has 0 unspecified atom stereocenters. The average Bonchev–Trinajstić information content (AvgIpc) is 2.72. The van der Waals surface area contributed by atoms with Crippen molar-refractivity contribution >= 4 is 0 Å². The van der Waals surface area contributed by atoms with Gasteiger partial charge in [-0.1, -0.05) is 12.1 Å². The fourth-order valence-corrected chi connectivity index (χ4v) is 2.91. The van der Waals surface area contributed by atoms with Gasteiger partial charge in [-0.2, -0.15) is 74.6 Å². The minimum absolute atomic E-state index is 0.158. The molecular weight excluding hydrogens is 579 g/mol. The van der Waals surface area contributed by atoms with Crippen molar-refractivity contribution in [3.05, 3.63) is 29.3 Å². The third kappa shape index (κ3) is 5.19. The summed E-state index contributed by atoms with van der Waals surface area (Å²) in [6.07, 6.45) is -12.0. The van der Waals surface area contributed by atoms with Gasteiger partial charge in [0.05, 0.1) is 6.10 Å². The highest BCUT2D eigenvalue weighted by Crippen LogP contribution is 2.64. The minimum Gasteiger partial charge on any atom is -0.491 e. The first kappa shape index (κ1) is 33.9. The van der Waals surface area contributed by atoms with E-state index in [4.69, 9.17) is 4.74 Å². The summed E-state index contributed by atoms with van der Waals surface area (Å²) < 4.78 is 231. The summed E-state index contributed by atoms with van der Waals surface area (Å²) in [6.45, 7) is 4.48. The smallest absolute Gasteiger partial charge is 0.460 e. The third-order valence-corrected chi connectivity index (χ3v) is 5.12. The van der Waals surface area contributed by atoms with Gasteiger partial charge in [-0.05, 0) is 44.4 Å². The van der Waals surface area contributed by atoms with Gasteiger partial charge in [0, 0.05) is 6.42 Å². The third-order valence-electron chi connectivity index (χ3n) is 5.12. The van der Waals surface area contributed by atoms with Crippen molar-refractivity contribution in [1.29, 1.82) is 0 Å². The van der Waals surface area contributed by atoms with Crippen LogP contribution >= 0.6 is 0 Å². The standard InChI is InChI=1S/C20H17F17O/c1-9(2)38-12-5-4-11(8-10(12)3)6-7-13(21,22)14(23,24)15(25,26)16(27,28)17(29,30)18(31,32)19(33,34)20(35,36)37/h4-5,8-9H,6-7H2,1-3H3. The second-order valence-electron chi connectivity index (χ2n) is 8.42. The van der Waals surface area contributed by atoms with E-state index in [2.05, 4.69) is 0 Å². The van der Waals surface area contributed by atoms with Crippen LogP contribution in [0.2, 0.25) is 0 Å². The molecule has 0 saturated carbocycles. The van der Waals surface area contributed by atoms with Crippen LogP contribution in [0.5, 0.6) is 5.75 Å². The first-order valence-corrected chi connectivity index (χ1v) is 10.0. The Labute approximate surface area is 202 Å². The molecule has 1 nitrogen and oxygen atoms in total. The van der Waals surface area contributed by atoms with E-state index in [0.29, 0.717) is 0 Å². The second-order valence-corrected chi connectivity index (χ2v) is 8.42. The van der Waals surface area contributed by atoms with E-state index < -0.39 is 66.6 Å². The normalized spacial score (nSPS) is 15.3. The number of halogens is 17. The van der Waals surface area contributed by atoms with Crippen molar-refractivity contribution in [1.82, 2.24) is 0 Å². The molecule has 0 saturated heterocycles. The maximum Gasteiger partial charge on any atom is 0.460 e. The number of ether oxygens (including phenoxy) is 1. The molecule has 0 bridgehead atoms. The van der Waals surface area contributed by atoms with E-state index in [1.165, 1.54) is 6.92 Å². The molecule has 0 amide bonds. The van der Waals surface area contributed by atoms with Gasteiger partial charge in [0.25, 0.3) is 0 Å². The van der Waals surface area contributed by atoms with Gasteiger partial charge in [0.2, 0.25) is 0 Å². The lowest BCUT2D eigenvalue weighted by Gasteiger charge is -2.42. The Balaban J connectivity index is 3.40. The molecule has 0 atom stereocenters. The maximum atomic E-state index is 14.0. The predicted octanol–water partition coefficient (Wildman–Crippen LogP) is 8.72. The van der Waals surface area contributed by atoms with E-state index >= 15 is 0 Å². The van der Waals surface area contributed by atoms with Crippen LogP contribution in [0.4, 0.5) is 74.6 Å². The van der Waals surface area contributed by atoms with Crippen molar-refractivity contribution in [3.63, 3.8) is 0 Å². The van der Waals surface area contributed by atoms with Gasteiger partial charge in [-0.3, -0.25) is 0 Å². The van der Waals surface area contributed by atoms with Gasteiger partial charge < -0.3 is 4.74 Å². The molecule has 18 heteroatoms. The molecule has 38 heavy (non-hydrogen) atoms. The summed E-state index contributed by atoms with van der Waals surface area (Å²) in [4.78, 5) is 0. The first-order chi connectivity index (χ1) is 16.5. The van der Waals surface area contributed by atoms with E-state index in [1.807, 2.05) is 0 Å². The van der Waals surface area contributed by atoms with Gasteiger partial charge in [0.15, 0.2) is 0 Å². The van der Waals surface area contributed by atoms with E-state index in [0.717, 1.165) is 18.2 Å². The lowest BCUT2D eigenvalue weighted by Crippen LogP contribution is -2.74. The van der Waals surface area contributed by atoms with Crippen molar-refractivity contribution in [3.8, 4) is 5.75 Å². The molecule has 0 aromatic heterocycles. The zero-order valence-electron chi connectivity index (χ0n) is 19.1. The highest BCUT2D eigenvalue weighted by Gasteiger charge is 2.95. The lowest BCUT2D eigenvalue weighted by atomic mass is 9.87. The largest absolute Gasteiger partial charge is 0.491 e.